The van der Waals surface area contributed by atoms with Crippen LogP contribution >= 0.6 is 11.6 Å². The third-order valence-corrected chi connectivity index (χ3v) is 2.84. The van der Waals surface area contributed by atoms with Crippen LogP contribution in [0.25, 0.3) is 0 Å². The third kappa shape index (κ3) is 4.53. The maximum Gasteiger partial charge on any atom is 0.225 e. The minimum atomic E-state index is -0.352. The van der Waals surface area contributed by atoms with Crippen molar-refractivity contribution in [1.29, 1.82) is 0 Å². The molecular formula is C13H20ClN3O. The van der Waals surface area contributed by atoms with Crippen molar-refractivity contribution in [2.24, 2.45) is 5.41 Å². The third-order valence-electron chi connectivity index (χ3n) is 2.44. The molecule has 0 aromatic carbocycles. The van der Waals surface area contributed by atoms with Crippen molar-refractivity contribution in [3.63, 3.8) is 0 Å². The molecule has 0 saturated heterocycles. The Bertz CT molecular complexity index is 427. The van der Waals surface area contributed by atoms with Crippen LogP contribution in [0.5, 0.6) is 0 Å². The first kappa shape index (κ1) is 14.8. The SMILES string of the molecule is Cc1cc(NCCNC(=O)C(C)(C)C)ncc1Cl. The van der Waals surface area contributed by atoms with E-state index in [2.05, 4.69) is 15.6 Å². The topological polar surface area (TPSA) is 54.0 Å². The number of anilines is 1. The van der Waals surface area contributed by atoms with E-state index in [1.54, 1.807) is 6.20 Å². The molecule has 2 N–H and O–H groups in total. The van der Waals surface area contributed by atoms with Crippen LogP contribution < -0.4 is 10.6 Å². The van der Waals surface area contributed by atoms with Gasteiger partial charge in [0.1, 0.15) is 5.82 Å². The monoisotopic (exact) mass is 269 g/mol. The van der Waals surface area contributed by atoms with Crippen LogP contribution in [-0.2, 0) is 4.79 Å². The predicted molar refractivity (Wildman–Crippen MR) is 74.9 cm³/mol. The predicted octanol–water partition coefficient (Wildman–Crippen LogP) is 2.62. The molecule has 0 aliphatic rings. The number of pyridine rings is 1. The minimum Gasteiger partial charge on any atom is -0.368 e. The summed E-state index contributed by atoms with van der Waals surface area (Å²) in [6, 6.07) is 1.88. The second-order valence-electron chi connectivity index (χ2n) is 5.25. The van der Waals surface area contributed by atoms with E-state index in [1.165, 1.54) is 0 Å². The Kier molecular flexibility index (Phi) is 4.96. The number of hydrogen-bond acceptors (Lipinski definition) is 3. The maximum atomic E-state index is 11.6. The Hall–Kier alpha value is -1.29. The van der Waals surface area contributed by atoms with Crippen LogP contribution in [0.1, 0.15) is 26.3 Å². The van der Waals surface area contributed by atoms with Gasteiger partial charge in [-0.25, -0.2) is 4.98 Å². The number of amides is 1. The highest BCUT2D eigenvalue weighted by Gasteiger charge is 2.20. The normalized spacial score (nSPS) is 11.2. The van der Waals surface area contributed by atoms with Crippen LogP contribution in [0.4, 0.5) is 5.82 Å². The van der Waals surface area contributed by atoms with Crippen LogP contribution in [0.2, 0.25) is 5.02 Å². The second-order valence-corrected chi connectivity index (χ2v) is 5.66. The minimum absolute atomic E-state index is 0.0459. The molecule has 0 unspecified atom stereocenters. The highest BCUT2D eigenvalue weighted by atomic mass is 35.5. The van der Waals surface area contributed by atoms with Gasteiger partial charge >= 0.3 is 0 Å². The Morgan fingerprint density at radius 1 is 1.39 bits per heavy atom. The van der Waals surface area contributed by atoms with Gasteiger partial charge in [0, 0.05) is 24.7 Å². The fourth-order valence-corrected chi connectivity index (χ4v) is 1.37. The number of aryl methyl sites for hydroxylation is 1. The molecule has 18 heavy (non-hydrogen) atoms. The fourth-order valence-electron chi connectivity index (χ4n) is 1.27. The average Bonchev–Trinajstić information content (AvgIpc) is 2.27. The second kappa shape index (κ2) is 6.05. The summed E-state index contributed by atoms with van der Waals surface area (Å²) in [6.45, 7) is 8.80. The Labute approximate surface area is 113 Å². The Morgan fingerprint density at radius 2 is 2.06 bits per heavy atom. The van der Waals surface area contributed by atoms with E-state index in [0.29, 0.717) is 18.1 Å². The lowest BCUT2D eigenvalue weighted by molar-refractivity contribution is -0.128. The van der Waals surface area contributed by atoms with E-state index in [0.717, 1.165) is 11.4 Å². The Morgan fingerprint density at radius 3 is 2.61 bits per heavy atom. The molecule has 0 spiro atoms. The fraction of sp³-hybridized carbons (Fsp3) is 0.538. The summed E-state index contributed by atoms with van der Waals surface area (Å²) in [5.41, 5.74) is 0.627. The first-order valence-corrected chi connectivity index (χ1v) is 6.33. The molecule has 1 amide bonds. The van der Waals surface area contributed by atoms with Crippen molar-refractivity contribution in [3.8, 4) is 0 Å². The number of hydrogen-bond donors (Lipinski definition) is 2. The molecule has 0 atom stereocenters. The summed E-state index contributed by atoms with van der Waals surface area (Å²) in [6.07, 6.45) is 1.62. The molecule has 0 radical (unpaired) electrons. The van der Waals surface area contributed by atoms with Gasteiger partial charge in [0.05, 0.1) is 5.02 Å². The molecule has 4 nitrogen and oxygen atoms in total. The van der Waals surface area contributed by atoms with Gasteiger partial charge in [-0.15, -0.1) is 0 Å². The largest absolute Gasteiger partial charge is 0.368 e. The highest BCUT2D eigenvalue weighted by molar-refractivity contribution is 6.31. The summed E-state index contributed by atoms with van der Waals surface area (Å²) in [4.78, 5) is 15.8. The van der Waals surface area contributed by atoms with Crippen LogP contribution in [0.3, 0.4) is 0 Å². The average molecular weight is 270 g/mol. The van der Waals surface area contributed by atoms with Gasteiger partial charge in [-0.2, -0.15) is 0 Å². The smallest absolute Gasteiger partial charge is 0.225 e. The summed E-state index contributed by atoms with van der Waals surface area (Å²) in [7, 11) is 0. The molecule has 0 saturated carbocycles. The van der Waals surface area contributed by atoms with Crippen LogP contribution in [0, 0.1) is 12.3 Å². The maximum absolute atomic E-state index is 11.6. The van der Waals surface area contributed by atoms with Crippen molar-refractivity contribution >= 4 is 23.3 Å². The van der Waals surface area contributed by atoms with E-state index < -0.39 is 0 Å². The quantitative estimate of drug-likeness (QED) is 0.826. The molecule has 1 aromatic rings. The van der Waals surface area contributed by atoms with E-state index in [1.807, 2.05) is 33.8 Å². The van der Waals surface area contributed by atoms with Gasteiger partial charge in [-0.05, 0) is 18.6 Å². The molecule has 0 fully saturated rings. The number of nitrogens with zero attached hydrogens (tertiary/aromatic N) is 1. The van der Waals surface area contributed by atoms with E-state index in [4.69, 9.17) is 11.6 Å². The van der Waals surface area contributed by atoms with Crippen molar-refractivity contribution in [2.75, 3.05) is 18.4 Å². The lowest BCUT2D eigenvalue weighted by Gasteiger charge is -2.17. The number of carbonyl (C=O) groups is 1. The van der Waals surface area contributed by atoms with Crippen molar-refractivity contribution < 1.29 is 4.79 Å². The lowest BCUT2D eigenvalue weighted by atomic mass is 9.96. The van der Waals surface area contributed by atoms with Crippen LogP contribution in [0.15, 0.2) is 12.3 Å². The van der Waals surface area contributed by atoms with Gasteiger partial charge in [0.2, 0.25) is 5.91 Å². The van der Waals surface area contributed by atoms with Crippen molar-refractivity contribution in [1.82, 2.24) is 10.3 Å². The summed E-state index contributed by atoms with van der Waals surface area (Å²) in [5, 5.41) is 6.65. The van der Waals surface area contributed by atoms with Crippen molar-refractivity contribution in [3.05, 3.63) is 22.8 Å². The van der Waals surface area contributed by atoms with Gasteiger partial charge in [0.15, 0.2) is 0 Å². The first-order valence-electron chi connectivity index (χ1n) is 5.95. The molecule has 5 heteroatoms. The van der Waals surface area contributed by atoms with Gasteiger partial charge < -0.3 is 10.6 Å². The molecule has 1 aromatic heterocycles. The van der Waals surface area contributed by atoms with Crippen molar-refractivity contribution in [2.45, 2.75) is 27.7 Å². The molecule has 0 aliphatic carbocycles. The molecule has 1 heterocycles. The van der Waals surface area contributed by atoms with Gasteiger partial charge in [-0.3, -0.25) is 4.79 Å². The molecule has 0 aliphatic heterocycles. The number of carbonyl (C=O) groups excluding carboxylic acids is 1. The zero-order valence-electron chi connectivity index (χ0n) is 11.3. The summed E-state index contributed by atoms with van der Waals surface area (Å²) < 4.78 is 0. The number of nitrogens with one attached hydrogen (secondary N) is 2. The molecule has 0 bridgehead atoms. The first-order chi connectivity index (χ1) is 8.30. The van der Waals surface area contributed by atoms with E-state index in [-0.39, 0.29) is 11.3 Å². The summed E-state index contributed by atoms with van der Waals surface area (Å²) in [5.74, 6) is 0.812. The van der Waals surface area contributed by atoms with Gasteiger partial charge in [-0.1, -0.05) is 32.4 Å². The number of rotatable bonds is 4. The van der Waals surface area contributed by atoms with E-state index >= 15 is 0 Å². The number of aromatic nitrogens is 1. The number of halogens is 1. The lowest BCUT2D eigenvalue weighted by Crippen LogP contribution is -2.37. The highest BCUT2D eigenvalue weighted by Crippen LogP contribution is 2.16. The molecule has 1 rings (SSSR count). The molecule has 100 valence electrons. The summed E-state index contributed by atoms with van der Waals surface area (Å²) >= 11 is 5.89. The molecular weight excluding hydrogens is 250 g/mol. The van der Waals surface area contributed by atoms with Gasteiger partial charge in [0.25, 0.3) is 0 Å². The Balaban J connectivity index is 2.34. The zero-order valence-corrected chi connectivity index (χ0v) is 12.1. The zero-order chi connectivity index (χ0) is 13.8. The standard InChI is InChI=1S/C13H20ClN3O/c1-9-7-11(17-8-10(9)14)15-5-6-16-12(18)13(2,3)4/h7-8H,5-6H2,1-4H3,(H,15,17)(H,16,18). The van der Waals surface area contributed by atoms with Crippen LogP contribution in [-0.4, -0.2) is 24.0 Å². The van der Waals surface area contributed by atoms with E-state index in [9.17, 15) is 4.79 Å².